The smallest absolute Gasteiger partial charge is 0.107 e. The molecule has 0 fully saturated rings. The third-order valence-electron chi connectivity index (χ3n) is 3.68. The van der Waals surface area contributed by atoms with Gasteiger partial charge >= 0.3 is 0 Å². The fourth-order valence-electron chi connectivity index (χ4n) is 2.63. The number of benzene rings is 1. The molecule has 0 radical (unpaired) electrons. The van der Waals surface area contributed by atoms with Gasteiger partial charge in [-0.05, 0) is 42.9 Å². The fraction of sp³-hybridized carbons (Fsp3) is 0.312. The Bertz CT molecular complexity index is 670. The highest BCUT2D eigenvalue weighted by Crippen LogP contribution is 2.37. The van der Waals surface area contributed by atoms with Gasteiger partial charge in [0.05, 0.1) is 5.56 Å². The summed E-state index contributed by atoms with van der Waals surface area (Å²) in [6.45, 7) is 0.746. The number of anilines is 1. The first-order valence-corrected chi connectivity index (χ1v) is 8.42. The number of nitrogens with zero attached hydrogens (tertiary/aromatic N) is 1. The summed E-state index contributed by atoms with van der Waals surface area (Å²) in [4.78, 5) is 1.41. The van der Waals surface area contributed by atoms with Crippen molar-refractivity contribution in [1.82, 2.24) is 0 Å². The van der Waals surface area contributed by atoms with Gasteiger partial charge in [0.25, 0.3) is 0 Å². The van der Waals surface area contributed by atoms with Gasteiger partial charge in [0, 0.05) is 15.9 Å². The van der Waals surface area contributed by atoms with E-state index < -0.39 is 0 Å². The molecule has 0 spiro atoms. The Hall–Kier alpha value is -1.31. The first-order valence-electron chi connectivity index (χ1n) is 6.81. The van der Waals surface area contributed by atoms with Crippen molar-refractivity contribution >= 4 is 32.3 Å². The van der Waals surface area contributed by atoms with Crippen molar-refractivity contribution in [2.75, 3.05) is 5.32 Å². The molecule has 20 heavy (non-hydrogen) atoms. The van der Waals surface area contributed by atoms with Gasteiger partial charge in [-0.1, -0.05) is 34.1 Å². The van der Waals surface area contributed by atoms with Crippen LogP contribution in [0.5, 0.6) is 0 Å². The molecule has 102 valence electrons. The molecule has 2 nitrogen and oxygen atoms in total. The summed E-state index contributed by atoms with van der Waals surface area (Å²) in [6, 6.07) is 10.6. The summed E-state index contributed by atoms with van der Waals surface area (Å²) < 4.78 is 1.10. The lowest BCUT2D eigenvalue weighted by atomic mass is 9.96. The molecule has 1 aliphatic rings. The van der Waals surface area contributed by atoms with Crippen LogP contribution in [0, 0.1) is 11.3 Å². The molecule has 0 unspecified atom stereocenters. The Morgan fingerprint density at radius 1 is 1.25 bits per heavy atom. The van der Waals surface area contributed by atoms with E-state index in [2.05, 4.69) is 33.4 Å². The average molecular weight is 347 g/mol. The van der Waals surface area contributed by atoms with Gasteiger partial charge in [-0.25, -0.2) is 0 Å². The molecular weight excluding hydrogens is 332 g/mol. The number of hydrogen-bond acceptors (Lipinski definition) is 3. The predicted octanol–water partition coefficient (Wildman–Crippen LogP) is 4.87. The maximum atomic E-state index is 9.42. The molecule has 1 heterocycles. The van der Waals surface area contributed by atoms with Crippen LogP contribution in [-0.4, -0.2) is 0 Å². The number of aryl methyl sites for hydroxylation is 1. The molecule has 0 atom stereocenters. The van der Waals surface area contributed by atoms with Gasteiger partial charge in [-0.3, -0.25) is 0 Å². The molecule has 4 heteroatoms. The highest BCUT2D eigenvalue weighted by atomic mass is 79.9. The number of thiophene rings is 1. The molecule has 1 aromatic heterocycles. The maximum Gasteiger partial charge on any atom is 0.107 e. The standard InChI is InChI=1S/C16H15BrN2S/c17-14-7-3-1-5-11(14)10-19-16-13(9-18)12-6-2-4-8-15(12)20-16/h1,3,5,7,19H,2,4,6,8,10H2. The highest BCUT2D eigenvalue weighted by Gasteiger charge is 2.20. The quantitative estimate of drug-likeness (QED) is 0.860. The van der Waals surface area contributed by atoms with Gasteiger partial charge in [0.2, 0.25) is 0 Å². The molecular formula is C16H15BrN2S. The minimum absolute atomic E-state index is 0.746. The zero-order chi connectivity index (χ0) is 13.9. The Labute approximate surface area is 131 Å². The minimum atomic E-state index is 0.746. The van der Waals surface area contributed by atoms with Crippen LogP contribution >= 0.6 is 27.3 Å². The van der Waals surface area contributed by atoms with Crippen LogP contribution in [0.1, 0.15) is 34.4 Å². The lowest BCUT2D eigenvalue weighted by molar-refractivity contribution is 0.696. The second kappa shape index (κ2) is 5.99. The van der Waals surface area contributed by atoms with Crippen molar-refractivity contribution in [3.8, 4) is 6.07 Å². The molecule has 2 aromatic rings. The van der Waals surface area contributed by atoms with Crippen LogP contribution in [-0.2, 0) is 19.4 Å². The van der Waals surface area contributed by atoms with Crippen molar-refractivity contribution in [1.29, 1.82) is 5.26 Å². The second-order valence-corrected chi connectivity index (χ2v) is 6.93. The zero-order valence-electron chi connectivity index (χ0n) is 11.1. The SMILES string of the molecule is N#Cc1c(NCc2ccccc2Br)sc2c1CCCC2. The van der Waals surface area contributed by atoms with E-state index in [0.29, 0.717) is 0 Å². The van der Waals surface area contributed by atoms with E-state index in [1.807, 2.05) is 18.2 Å². The number of nitrogens with one attached hydrogen (secondary N) is 1. The molecule has 3 rings (SSSR count). The lowest BCUT2D eigenvalue weighted by Crippen LogP contribution is -2.01. The van der Waals surface area contributed by atoms with Crippen molar-refractivity contribution in [2.45, 2.75) is 32.2 Å². The number of nitriles is 1. The predicted molar refractivity (Wildman–Crippen MR) is 87.1 cm³/mol. The normalized spacial score (nSPS) is 13.6. The molecule has 0 amide bonds. The molecule has 0 saturated heterocycles. The number of rotatable bonds is 3. The summed E-state index contributed by atoms with van der Waals surface area (Å²) in [5.74, 6) is 0. The number of fused-ring (bicyclic) bond motifs is 1. The molecule has 0 aliphatic heterocycles. The van der Waals surface area contributed by atoms with Gasteiger partial charge in [0.1, 0.15) is 11.1 Å². The van der Waals surface area contributed by atoms with Crippen LogP contribution in [0.4, 0.5) is 5.00 Å². The van der Waals surface area contributed by atoms with Gasteiger partial charge in [0.15, 0.2) is 0 Å². The Morgan fingerprint density at radius 3 is 2.85 bits per heavy atom. The number of hydrogen-bond donors (Lipinski definition) is 1. The van der Waals surface area contributed by atoms with Crippen LogP contribution in [0.3, 0.4) is 0 Å². The first-order chi connectivity index (χ1) is 9.79. The fourth-order valence-corrected chi connectivity index (χ4v) is 4.29. The molecule has 1 aliphatic carbocycles. The van der Waals surface area contributed by atoms with E-state index in [4.69, 9.17) is 0 Å². The van der Waals surface area contributed by atoms with Gasteiger partial charge in [-0.15, -0.1) is 11.3 Å². The summed E-state index contributed by atoms with van der Waals surface area (Å²) in [5.41, 5.74) is 3.37. The van der Waals surface area contributed by atoms with Gasteiger partial charge in [-0.2, -0.15) is 5.26 Å². The summed E-state index contributed by atoms with van der Waals surface area (Å²) in [7, 11) is 0. The number of halogens is 1. The molecule has 1 aromatic carbocycles. The zero-order valence-corrected chi connectivity index (χ0v) is 13.5. The largest absolute Gasteiger partial charge is 0.372 e. The Morgan fingerprint density at radius 2 is 2.05 bits per heavy atom. The Kier molecular flexibility index (Phi) is 4.09. The topological polar surface area (TPSA) is 35.8 Å². The third-order valence-corrected chi connectivity index (χ3v) is 5.70. The first kappa shape index (κ1) is 13.7. The van der Waals surface area contributed by atoms with Crippen molar-refractivity contribution in [3.05, 3.63) is 50.3 Å². The van der Waals surface area contributed by atoms with E-state index in [0.717, 1.165) is 34.4 Å². The Balaban J connectivity index is 1.83. The van der Waals surface area contributed by atoms with E-state index in [1.54, 1.807) is 11.3 Å². The van der Waals surface area contributed by atoms with Crippen LogP contribution in [0.15, 0.2) is 28.7 Å². The van der Waals surface area contributed by atoms with Crippen molar-refractivity contribution in [2.24, 2.45) is 0 Å². The second-order valence-electron chi connectivity index (χ2n) is 4.97. The van der Waals surface area contributed by atoms with Crippen LogP contribution in [0.25, 0.3) is 0 Å². The van der Waals surface area contributed by atoms with E-state index in [9.17, 15) is 5.26 Å². The molecule has 0 bridgehead atoms. The lowest BCUT2D eigenvalue weighted by Gasteiger charge is -2.09. The van der Waals surface area contributed by atoms with E-state index >= 15 is 0 Å². The van der Waals surface area contributed by atoms with E-state index in [1.165, 1.54) is 28.8 Å². The van der Waals surface area contributed by atoms with E-state index in [-0.39, 0.29) is 0 Å². The van der Waals surface area contributed by atoms with Crippen LogP contribution in [0.2, 0.25) is 0 Å². The monoisotopic (exact) mass is 346 g/mol. The van der Waals surface area contributed by atoms with Crippen molar-refractivity contribution < 1.29 is 0 Å². The highest BCUT2D eigenvalue weighted by molar-refractivity contribution is 9.10. The minimum Gasteiger partial charge on any atom is -0.372 e. The van der Waals surface area contributed by atoms with Gasteiger partial charge < -0.3 is 5.32 Å². The third kappa shape index (κ3) is 2.61. The summed E-state index contributed by atoms with van der Waals surface area (Å²) in [6.07, 6.45) is 4.65. The average Bonchev–Trinajstić information content (AvgIpc) is 2.84. The van der Waals surface area contributed by atoms with Crippen LogP contribution < -0.4 is 5.32 Å². The molecule has 1 N–H and O–H groups in total. The maximum absolute atomic E-state index is 9.42. The molecule has 0 saturated carbocycles. The van der Waals surface area contributed by atoms with Crippen molar-refractivity contribution in [3.63, 3.8) is 0 Å². The summed E-state index contributed by atoms with van der Waals surface area (Å²) in [5, 5.41) is 13.9. The summed E-state index contributed by atoms with van der Waals surface area (Å²) >= 11 is 5.32.